The lowest BCUT2D eigenvalue weighted by molar-refractivity contribution is -0.385. The van der Waals surface area contributed by atoms with Crippen molar-refractivity contribution in [2.24, 2.45) is 11.1 Å². The van der Waals surface area contributed by atoms with Gasteiger partial charge in [0.25, 0.3) is 5.69 Å². The van der Waals surface area contributed by atoms with Gasteiger partial charge in [-0.1, -0.05) is 6.42 Å². The summed E-state index contributed by atoms with van der Waals surface area (Å²) >= 11 is 0. The number of rotatable bonds is 4. The summed E-state index contributed by atoms with van der Waals surface area (Å²) in [5, 5.41) is 12.9. The van der Waals surface area contributed by atoms with Gasteiger partial charge in [-0.15, -0.1) is 0 Å². The van der Waals surface area contributed by atoms with Crippen LogP contribution in [0.3, 0.4) is 0 Å². The quantitative estimate of drug-likeness (QED) is 0.642. The van der Waals surface area contributed by atoms with Crippen molar-refractivity contribution in [2.45, 2.75) is 19.3 Å². The minimum atomic E-state index is -0.825. The molecule has 0 unspecified atom stereocenters. The van der Waals surface area contributed by atoms with Crippen molar-refractivity contribution in [1.29, 1.82) is 0 Å². The second-order valence-electron chi connectivity index (χ2n) is 4.71. The first-order chi connectivity index (χ1) is 8.98. The number of hydrogen-bond acceptors (Lipinski definition) is 4. The Kier molecular flexibility index (Phi) is 3.48. The number of hydrogen-bond donors (Lipinski definition) is 2. The average molecular weight is 267 g/mol. The van der Waals surface area contributed by atoms with Crippen LogP contribution in [0.2, 0.25) is 0 Å². The van der Waals surface area contributed by atoms with Gasteiger partial charge in [-0.3, -0.25) is 14.9 Å². The molecule has 0 atom stereocenters. The number of carbonyl (C=O) groups is 1. The van der Waals surface area contributed by atoms with Crippen molar-refractivity contribution in [3.05, 3.63) is 34.1 Å². The normalized spacial score (nSPS) is 16.5. The van der Waals surface area contributed by atoms with Gasteiger partial charge in [0.2, 0.25) is 5.91 Å². The van der Waals surface area contributed by atoms with E-state index in [0.717, 1.165) is 18.6 Å². The van der Waals surface area contributed by atoms with E-state index >= 15 is 0 Å². The van der Waals surface area contributed by atoms with Crippen LogP contribution in [0.1, 0.15) is 19.3 Å². The highest BCUT2D eigenvalue weighted by Gasteiger charge is 2.43. The Morgan fingerprint density at radius 2 is 2.21 bits per heavy atom. The van der Waals surface area contributed by atoms with Crippen LogP contribution >= 0.6 is 0 Å². The molecule has 0 aromatic heterocycles. The molecule has 0 heterocycles. The molecule has 1 aromatic carbocycles. The summed E-state index contributed by atoms with van der Waals surface area (Å²) in [6.07, 6.45) is 2.29. The maximum Gasteiger partial charge on any atom is 0.272 e. The number of nitrogens with zero attached hydrogens (tertiary/aromatic N) is 1. The van der Waals surface area contributed by atoms with Gasteiger partial charge in [0.05, 0.1) is 22.1 Å². The Morgan fingerprint density at radius 3 is 2.63 bits per heavy atom. The molecule has 102 valence electrons. The lowest BCUT2D eigenvalue weighted by Crippen LogP contribution is -2.47. The number of benzene rings is 1. The van der Waals surface area contributed by atoms with E-state index in [2.05, 4.69) is 5.32 Å². The predicted octanol–water partition coefficient (Wildman–Crippen LogP) is 1.80. The van der Waals surface area contributed by atoms with Crippen LogP contribution in [0.25, 0.3) is 0 Å². The number of non-ortho nitro benzene ring substituents is 1. The summed E-state index contributed by atoms with van der Waals surface area (Å²) in [6.45, 7) is 0.216. The fourth-order valence-corrected chi connectivity index (χ4v) is 2.10. The second kappa shape index (κ2) is 4.93. The topological polar surface area (TPSA) is 98.3 Å². The zero-order chi connectivity index (χ0) is 14.0. The summed E-state index contributed by atoms with van der Waals surface area (Å²) in [6, 6.07) is 3.12. The summed E-state index contributed by atoms with van der Waals surface area (Å²) in [7, 11) is 0. The zero-order valence-corrected chi connectivity index (χ0v) is 10.2. The lowest BCUT2D eigenvalue weighted by atomic mass is 9.68. The monoisotopic (exact) mass is 267 g/mol. The van der Waals surface area contributed by atoms with Gasteiger partial charge in [0, 0.05) is 12.6 Å². The average Bonchev–Trinajstić information content (AvgIpc) is 2.30. The molecular weight excluding hydrogens is 253 g/mol. The van der Waals surface area contributed by atoms with E-state index in [1.54, 1.807) is 0 Å². The highest BCUT2D eigenvalue weighted by atomic mass is 19.1. The summed E-state index contributed by atoms with van der Waals surface area (Å²) in [4.78, 5) is 21.8. The smallest absolute Gasteiger partial charge is 0.272 e. The van der Waals surface area contributed by atoms with Crippen LogP contribution < -0.4 is 11.1 Å². The van der Waals surface area contributed by atoms with E-state index in [0.29, 0.717) is 12.8 Å². The van der Waals surface area contributed by atoms with Crippen molar-refractivity contribution < 1.29 is 14.1 Å². The van der Waals surface area contributed by atoms with Crippen LogP contribution in [0.4, 0.5) is 15.8 Å². The van der Waals surface area contributed by atoms with Crippen LogP contribution in [0, 0.1) is 21.3 Å². The Labute approximate surface area is 108 Å². The first-order valence-corrected chi connectivity index (χ1v) is 5.94. The summed E-state index contributed by atoms with van der Waals surface area (Å²) < 4.78 is 13.6. The first-order valence-electron chi connectivity index (χ1n) is 5.94. The molecule has 1 aromatic rings. The van der Waals surface area contributed by atoms with Gasteiger partial charge in [-0.05, 0) is 18.9 Å². The number of nitro benzene ring substituents is 1. The molecule has 6 nitrogen and oxygen atoms in total. The lowest BCUT2D eigenvalue weighted by Gasteiger charge is -2.39. The molecule has 1 fully saturated rings. The first kappa shape index (κ1) is 13.4. The van der Waals surface area contributed by atoms with E-state index in [1.807, 2.05) is 0 Å². The van der Waals surface area contributed by atoms with Crippen molar-refractivity contribution in [3.8, 4) is 0 Å². The third kappa shape index (κ3) is 2.41. The Morgan fingerprint density at radius 1 is 1.53 bits per heavy atom. The summed E-state index contributed by atoms with van der Waals surface area (Å²) in [5.74, 6) is -1.15. The number of amides is 1. The van der Waals surface area contributed by atoms with Crippen molar-refractivity contribution in [3.63, 3.8) is 0 Å². The fraction of sp³-hybridized carbons (Fsp3) is 0.417. The minimum Gasteiger partial charge on any atom is -0.329 e. The number of nitro groups is 1. The summed E-state index contributed by atoms with van der Waals surface area (Å²) in [5.41, 5.74) is 4.55. The third-order valence-corrected chi connectivity index (χ3v) is 3.59. The number of nitrogens with one attached hydrogen (secondary N) is 1. The van der Waals surface area contributed by atoms with Gasteiger partial charge < -0.3 is 11.1 Å². The Bertz CT molecular complexity index is 523. The Balaban J connectivity index is 2.15. The largest absolute Gasteiger partial charge is 0.329 e. The van der Waals surface area contributed by atoms with Gasteiger partial charge in [-0.2, -0.15) is 0 Å². The molecule has 0 spiro atoms. The third-order valence-electron chi connectivity index (χ3n) is 3.59. The highest BCUT2D eigenvalue weighted by molar-refractivity contribution is 5.96. The standard InChI is InChI=1S/C12H14FN3O3/c13-9-6-8(16(18)19)2-3-10(9)15-11(17)12(7-14)4-1-5-12/h2-3,6H,1,4-5,7,14H2,(H,15,17). The molecule has 19 heavy (non-hydrogen) atoms. The van der Waals surface area contributed by atoms with Crippen molar-refractivity contribution in [2.75, 3.05) is 11.9 Å². The number of halogens is 1. The molecule has 2 rings (SSSR count). The van der Waals surface area contributed by atoms with E-state index in [-0.39, 0.29) is 23.8 Å². The van der Waals surface area contributed by atoms with Gasteiger partial charge in [-0.25, -0.2) is 4.39 Å². The molecule has 7 heteroatoms. The van der Waals surface area contributed by atoms with Gasteiger partial charge >= 0.3 is 0 Å². The number of nitrogens with two attached hydrogens (primary N) is 1. The highest BCUT2D eigenvalue weighted by Crippen LogP contribution is 2.41. The van der Waals surface area contributed by atoms with Gasteiger partial charge in [0.15, 0.2) is 5.82 Å². The molecule has 0 bridgehead atoms. The van der Waals surface area contributed by atoms with E-state index in [9.17, 15) is 19.3 Å². The second-order valence-corrected chi connectivity index (χ2v) is 4.71. The zero-order valence-electron chi connectivity index (χ0n) is 10.2. The maximum absolute atomic E-state index is 13.6. The van der Waals surface area contributed by atoms with Crippen molar-refractivity contribution in [1.82, 2.24) is 0 Å². The number of carbonyl (C=O) groups excluding carboxylic acids is 1. The Hall–Kier alpha value is -2.02. The molecular formula is C12H14FN3O3. The number of anilines is 1. The van der Waals surface area contributed by atoms with Crippen LogP contribution in [-0.2, 0) is 4.79 Å². The van der Waals surface area contributed by atoms with Crippen LogP contribution in [0.15, 0.2) is 18.2 Å². The molecule has 0 aliphatic heterocycles. The molecule has 3 N–H and O–H groups in total. The van der Waals surface area contributed by atoms with Gasteiger partial charge in [0.1, 0.15) is 0 Å². The fourth-order valence-electron chi connectivity index (χ4n) is 2.10. The molecule has 0 saturated heterocycles. The van der Waals surface area contributed by atoms with Crippen molar-refractivity contribution >= 4 is 17.3 Å². The van der Waals surface area contributed by atoms with Crippen LogP contribution in [-0.4, -0.2) is 17.4 Å². The molecule has 0 radical (unpaired) electrons. The molecule has 1 saturated carbocycles. The maximum atomic E-state index is 13.6. The predicted molar refractivity (Wildman–Crippen MR) is 67.0 cm³/mol. The molecule has 1 aliphatic rings. The minimum absolute atomic E-state index is 0.0599. The van der Waals surface area contributed by atoms with E-state index < -0.39 is 16.2 Å². The molecule has 1 amide bonds. The molecule has 1 aliphatic carbocycles. The van der Waals surface area contributed by atoms with Crippen LogP contribution in [0.5, 0.6) is 0 Å². The SMILES string of the molecule is NCC1(C(=O)Nc2ccc([N+](=O)[O-])cc2F)CCC1. The van der Waals surface area contributed by atoms with E-state index in [1.165, 1.54) is 6.07 Å². The van der Waals surface area contributed by atoms with E-state index in [4.69, 9.17) is 5.73 Å².